The molecule has 0 aliphatic heterocycles. The molecule has 102 valence electrons. The van der Waals surface area contributed by atoms with Gasteiger partial charge in [0.1, 0.15) is 11.4 Å². The van der Waals surface area contributed by atoms with E-state index in [0.717, 1.165) is 0 Å². The highest BCUT2D eigenvalue weighted by molar-refractivity contribution is 6.05. The Kier molecular flexibility index (Phi) is 3.13. The van der Waals surface area contributed by atoms with E-state index in [1.807, 2.05) is 0 Å². The lowest BCUT2D eigenvalue weighted by molar-refractivity contribution is -0.141. The average molecular weight is 273 g/mol. The van der Waals surface area contributed by atoms with Crippen LogP contribution in [-0.4, -0.2) is 22.7 Å². The van der Waals surface area contributed by atoms with Crippen molar-refractivity contribution in [2.45, 2.75) is 13.1 Å². The lowest BCUT2D eigenvalue weighted by Crippen LogP contribution is -2.11. The van der Waals surface area contributed by atoms with Crippen LogP contribution in [0.15, 0.2) is 18.2 Å². The molecule has 7 heteroatoms. The average Bonchev–Trinajstić information content (AvgIpc) is 2.67. The maximum atomic E-state index is 12.8. The number of fused-ring (bicyclic) bond motifs is 1. The third kappa shape index (κ3) is 2.35. The molecule has 0 unspecified atom stereocenters. The molecule has 2 rings (SSSR count). The van der Waals surface area contributed by atoms with Crippen molar-refractivity contribution in [2.75, 3.05) is 6.61 Å². The lowest BCUT2D eigenvalue weighted by Gasteiger charge is -2.05. The van der Waals surface area contributed by atoms with Gasteiger partial charge < -0.3 is 14.8 Å². The molecule has 2 N–H and O–H groups in total. The van der Waals surface area contributed by atoms with E-state index in [1.54, 1.807) is 6.92 Å². The number of aromatic carboxylic acids is 1. The van der Waals surface area contributed by atoms with Crippen LogP contribution < -0.4 is 4.74 Å². The number of alkyl halides is 3. The summed E-state index contributed by atoms with van der Waals surface area (Å²) in [6.45, 7) is 2.06. The number of carboxylic acids is 1. The van der Waals surface area contributed by atoms with Crippen molar-refractivity contribution in [3.63, 3.8) is 0 Å². The second-order valence-electron chi connectivity index (χ2n) is 3.82. The number of carbonyl (C=O) groups is 1. The van der Waals surface area contributed by atoms with E-state index in [0.29, 0.717) is 12.4 Å². The summed E-state index contributed by atoms with van der Waals surface area (Å²) in [5.74, 6) is -1.31. The molecule has 19 heavy (non-hydrogen) atoms. The first-order valence-electron chi connectivity index (χ1n) is 5.43. The summed E-state index contributed by atoms with van der Waals surface area (Å²) >= 11 is 0. The fourth-order valence-electron chi connectivity index (χ4n) is 1.86. The summed E-state index contributed by atoms with van der Waals surface area (Å²) in [5.41, 5.74) is -1.94. The van der Waals surface area contributed by atoms with Crippen LogP contribution in [0.4, 0.5) is 13.2 Å². The molecule has 4 nitrogen and oxygen atoms in total. The van der Waals surface area contributed by atoms with Crippen LogP contribution in [0.2, 0.25) is 0 Å². The Labute approximate surface area is 105 Å². The van der Waals surface area contributed by atoms with Gasteiger partial charge in [-0.1, -0.05) is 0 Å². The van der Waals surface area contributed by atoms with Crippen molar-refractivity contribution in [1.29, 1.82) is 0 Å². The van der Waals surface area contributed by atoms with Crippen LogP contribution in [0, 0.1) is 0 Å². The molecular formula is C12H10F3NO3. The first-order valence-corrected chi connectivity index (χ1v) is 5.43. The van der Waals surface area contributed by atoms with E-state index in [9.17, 15) is 18.0 Å². The van der Waals surface area contributed by atoms with Crippen LogP contribution in [-0.2, 0) is 6.18 Å². The van der Waals surface area contributed by atoms with E-state index in [2.05, 4.69) is 4.98 Å². The summed E-state index contributed by atoms with van der Waals surface area (Å²) in [5, 5.41) is 8.95. The number of rotatable bonds is 3. The Bertz CT molecular complexity index is 631. The maximum absolute atomic E-state index is 12.8. The van der Waals surface area contributed by atoms with Gasteiger partial charge in [-0.25, -0.2) is 4.79 Å². The SMILES string of the molecule is CCOc1ccc2[nH]c(C(F)(F)F)c(C(=O)O)c2c1. The highest BCUT2D eigenvalue weighted by Crippen LogP contribution is 2.36. The Morgan fingerprint density at radius 3 is 2.63 bits per heavy atom. The number of halogens is 3. The monoisotopic (exact) mass is 273 g/mol. The predicted octanol–water partition coefficient (Wildman–Crippen LogP) is 3.28. The van der Waals surface area contributed by atoms with Gasteiger partial charge in [-0.05, 0) is 25.1 Å². The van der Waals surface area contributed by atoms with Crippen LogP contribution >= 0.6 is 0 Å². The summed E-state index contributed by atoms with van der Waals surface area (Å²) in [7, 11) is 0. The number of hydrogen-bond donors (Lipinski definition) is 2. The van der Waals surface area contributed by atoms with Crippen molar-refractivity contribution >= 4 is 16.9 Å². The molecule has 1 aromatic heterocycles. The molecule has 0 atom stereocenters. The third-order valence-electron chi connectivity index (χ3n) is 2.58. The van der Waals surface area contributed by atoms with Gasteiger partial charge in [0.25, 0.3) is 0 Å². The van der Waals surface area contributed by atoms with E-state index in [4.69, 9.17) is 9.84 Å². The smallest absolute Gasteiger partial charge is 0.432 e. The van der Waals surface area contributed by atoms with Crippen molar-refractivity contribution in [1.82, 2.24) is 4.98 Å². The van der Waals surface area contributed by atoms with Crippen molar-refractivity contribution in [3.05, 3.63) is 29.5 Å². The maximum Gasteiger partial charge on any atom is 0.432 e. The number of hydrogen-bond acceptors (Lipinski definition) is 2. The first kappa shape index (κ1) is 13.3. The Balaban J connectivity index is 2.72. The number of aromatic amines is 1. The summed E-state index contributed by atoms with van der Waals surface area (Å²) in [6, 6.07) is 4.13. The molecule has 2 aromatic rings. The molecule has 0 fully saturated rings. The van der Waals surface area contributed by atoms with Crippen LogP contribution in [0.3, 0.4) is 0 Å². The van der Waals surface area contributed by atoms with Crippen LogP contribution in [0.25, 0.3) is 10.9 Å². The molecule has 0 spiro atoms. The van der Waals surface area contributed by atoms with Gasteiger partial charge in [0.15, 0.2) is 0 Å². The minimum Gasteiger partial charge on any atom is -0.494 e. The van der Waals surface area contributed by atoms with E-state index in [1.165, 1.54) is 18.2 Å². The van der Waals surface area contributed by atoms with Crippen LogP contribution in [0.1, 0.15) is 23.0 Å². The number of H-pyrrole nitrogens is 1. The van der Waals surface area contributed by atoms with Gasteiger partial charge in [-0.3, -0.25) is 0 Å². The Hall–Kier alpha value is -2.18. The van der Waals surface area contributed by atoms with E-state index >= 15 is 0 Å². The van der Waals surface area contributed by atoms with Gasteiger partial charge in [0.2, 0.25) is 0 Å². The predicted molar refractivity (Wildman–Crippen MR) is 61.4 cm³/mol. The van der Waals surface area contributed by atoms with Gasteiger partial charge in [-0.2, -0.15) is 13.2 Å². The fourth-order valence-corrected chi connectivity index (χ4v) is 1.86. The van der Waals surface area contributed by atoms with Crippen molar-refractivity contribution in [3.8, 4) is 5.75 Å². The highest BCUT2D eigenvalue weighted by atomic mass is 19.4. The number of benzene rings is 1. The van der Waals surface area contributed by atoms with E-state index in [-0.39, 0.29) is 10.9 Å². The summed E-state index contributed by atoms with van der Waals surface area (Å²) in [4.78, 5) is 13.1. The van der Waals surface area contributed by atoms with Gasteiger partial charge in [0.05, 0.1) is 12.2 Å². The zero-order chi connectivity index (χ0) is 14.2. The third-order valence-corrected chi connectivity index (χ3v) is 2.58. The molecule has 0 saturated carbocycles. The molecule has 0 radical (unpaired) electrons. The summed E-state index contributed by atoms with van der Waals surface area (Å²) in [6.07, 6.45) is -4.75. The molecule has 0 aliphatic carbocycles. The van der Waals surface area contributed by atoms with E-state index < -0.39 is 23.4 Å². The molecule has 0 saturated heterocycles. The minimum atomic E-state index is -4.75. The minimum absolute atomic E-state index is 0.0224. The molecule has 1 aromatic carbocycles. The molecular weight excluding hydrogens is 263 g/mol. The highest BCUT2D eigenvalue weighted by Gasteiger charge is 2.38. The van der Waals surface area contributed by atoms with Crippen molar-refractivity contribution < 1.29 is 27.8 Å². The fraction of sp³-hybridized carbons (Fsp3) is 0.250. The zero-order valence-corrected chi connectivity index (χ0v) is 9.84. The quantitative estimate of drug-likeness (QED) is 0.902. The van der Waals surface area contributed by atoms with Crippen LogP contribution in [0.5, 0.6) is 5.75 Å². The molecule has 0 amide bonds. The molecule has 1 heterocycles. The Morgan fingerprint density at radius 2 is 2.11 bits per heavy atom. The normalized spacial score (nSPS) is 11.8. The lowest BCUT2D eigenvalue weighted by atomic mass is 10.1. The zero-order valence-electron chi connectivity index (χ0n) is 9.84. The molecule has 0 bridgehead atoms. The number of ether oxygens (including phenoxy) is 1. The number of aromatic nitrogens is 1. The first-order chi connectivity index (χ1) is 8.84. The number of carboxylic acid groups (broad SMARTS) is 1. The Morgan fingerprint density at radius 1 is 1.42 bits per heavy atom. The van der Waals surface area contributed by atoms with Gasteiger partial charge >= 0.3 is 12.1 Å². The summed E-state index contributed by atoms with van der Waals surface area (Å²) < 4.78 is 43.5. The standard InChI is InChI=1S/C12H10F3NO3/c1-2-19-6-3-4-8-7(5-6)9(11(17)18)10(16-8)12(13,14)15/h3-5,16H,2H2,1H3,(H,17,18). The van der Waals surface area contributed by atoms with Gasteiger partial charge in [-0.15, -0.1) is 0 Å². The largest absolute Gasteiger partial charge is 0.494 e. The molecule has 0 aliphatic rings. The number of nitrogens with one attached hydrogen (secondary N) is 1. The van der Waals surface area contributed by atoms with Gasteiger partial charge in [0, 0.05) is 10.9 Å². The van der Waals surface area contributed by atoms with Crippen molar-refractivity contribution in [2.24, 2.45) is 0 Å². The topological polar surface area (TPSA) is 62.3 Å². The second kappa shape index (κ2) is 4.49. The second-order valence-corrected chi connectivity index (χ2v) is 3.82.